The normalized spacial score (nSPS) is 10.9. The van der Waals surface area contributed by atoms with E-state index in [1.54, 1.807) is 24.8 Å². The second kappa shape index (κ2) is 9.05. The number of esters is 2. The summed E-state index contributed by atoms with van der Waals surface area (Å²) in [6.07, 6.45) is 0. The van der Waals surface area contributed by atoms with E-state index in [0.29, 0.717) is 21.2 Å². The topological polar surface area (TPSA) is 57.5 Å². The number of hydrogen-bond acceptors (Lipinski definition) is 5. The van der Waals surface area contributed by atoms with Crippen LogP contribution in [-0.4, -0.2) is 23.1 Å². The molecule has 152 valence electrons. The van der Waals surface area contributed by atoms with Gasteiger partial charge in [0.15, 0.2) is 0 Å². The fourth-order valence-corrected chi connectivity index (χ4v) is 4.59. The second-order valence-corrected chi connectivity index (χ2v) is 8.45. The monoisotopic (exact) mass is 475 g/mol. The van der Waals surface area contributed by atoms with E-state index >= 15 is 0 Å². The zero-order valence-electron chi connectivity index (χ0n) is 16.7. The quantitative estimate of drug-likeness (QED) is 0.262. The van der Waals surface area contributed by atoms with Gasteiger partial charge in [0.05, 0.1) is 27.2 Å². The minimum atomic E-state index is -0.423. The standard InChI is InChI=1S/C22H22BrNO4S/c1-5-27-22(26)20-16-10-19(28-14(3)25)17(23)11-18(16)24(4)21(20)29-12-15-8-6-13(2)7-9-15/h6-11H,5,12H2,1-4H3. The third kappa shape index (κ3) is 4.67. The number of thioether (sulfide) groups is 1. The summed E-state index contributed by atoms with van der Waals surface area (Å²) in [5.41, 5.74) is 3.71. The number of aryl methyl sites for hydroxylation is 2. The van der Waals surface area contributed by atoms with E-state index in [4.69, 9.17) is 9.47 Å². The molecular weight excluding hydrogens is 454 g/mol. The van der Waals surface area contributed by atoms with Crippen LogP contribution < -0.4 is 4.74 Å². The molecule has 0 radical (unpaired) electrons. The zero-order chi connectivity index (χ0) is 21.1. The van der Waals surface area contributed by atoms with Crippen LogP contribution in [0.15, 0.2) is 45.9 Å². The highest BCUT2D eigenvalue weighted by Crippen LogP contribution is 2.39. The Morgan fingerprint density at radius 1 is 1.17 bits per heavy atom. The summed E-state index contributed by atoms with van der Waals surface area (Å²) < 4.78 is 13.2. The summed E-state index contributed by atoms with van der Waals surface area (Å²) in [6.45, 7) is 5.46. The van der Waals surface area contributed by atoms with Crippen LogP contribution in [-0.2, 0) is 22.3 Å². The maximum Gasteiger partial charge on any atom is 0.341 e. The van der Waals surface area contributed by atoms with E-state index in [-0.39, 0.29) is 12.6 Å². The molecule has 0 N–H and O–H groups in total. The Balaban J connectivity index is 2.09. The van der Waals surface area contributed by atoms with E-state index < -0.39 is 5.97 Å². The van der Waals surface area contributed by atoms with E-state index in [1.165, 1.54) is 18.1 Å². The number of ether oxygens (including phenoxy) is 2. The molecule has 0 aliphatic carbocycles. The van der Waals surface area contributed by atoms with E-state index in [2.05, 4.69) is 47.1 Å². The van der Waals surface area contributed by atoms with Gasteiger partial charge in [-0.15, -0.1) is 11.8 Å². The maximum atomic E-state index is 12.8. The van der Waals surface area contributed by atoms with Crippen molar-refractivity contribution in [2.24, 2.45) is 7.05 Å². The number of halogens is 1. The van der Waals surface area contributed by atoms with Crippen LogP contribution in [0.3, 0.4) is 0 Å². The average Bonchev–Trinajstić information content (AvgIpc) is 2.93. The lowest BCUT2D eigenvalue weighted by Crippen LogP contribution is -2.06. The Morgan fingerprint density at radius 2 is 1.86 bits per heavy atom. The van der Waals surface area contributed by atoms with Crippen molar-refractivity contribution in [3.8, 4) is 5.75 Å². The molecule has 3 rings (SSSR count). The van der Waals surface area contributed by atoms with Crippen LogP contribution in [0.5, 0.6) is 5.75 Å². The Kier molecular flexibility index (Phi) is 6.70. The van der Waals surface area contributed by atoms with Gasteiger partial charge in [0.2, 0.25) is 0 Å². The molecule has 29 heavy (non-hydrogen) atoms. The summed E-state index contributed by atoms with van der Waals surface area (Å²) in [4.78, 5) is 24.2. The molecule has 1 aromatic heterocycles. The van der Waals surface area contributed by atoms with Crippen molar-refractivity contribution in [2.75, 3.05) is 6.61 Å². The molecule has 3 aromatic rings. The van der Waals surface area contributed by atoms with Gasteiger partial charge < -0.3 is 14.0 Å². The molecule has 0 spiro atoms. The first-order chi connectivity index (χ1) is 13.8. The molecule has 0 amide bonds. The van der Waals surface area contributed by atoms with Gasteiger partial charge in [0, 0.05) is 25.1 Å². The van der Waals surface area contributed by atoms with Crippen molar-refractivity contribution >= 4 is 50.5 Å². The van der Waals surface area contributed by atoms with Gasteiger partial charge in [0.25, 0.3) is 0 Å². The predicted molar refractivity (Wildman–Crippen MR) is 119 cm³/mol. The van der Waals surface area contributed by atoms with Crippen LogP contribution in [0.1, 0.15) is 35.3 Å². The molecule has 0 bridgehead atoms. The van der Waals surface area contributed by atoms with E-state index in [9.17, 15) is 9.59 Å². The van der Waals surface area contributed by atoms with Crippen LogP contribution in [0, 0.1) is 6.92 Å². The molecule has 0 aliphatic heterocycles. The highest BCUT2D eigenvalue weighted by molar-refractivity contribution is 9.10. The number of carbonyl (C=O) groups is 2. The maximum absolute atomic E-state index is 12.8. The van der Waals surface area contributed by atoms with Crippen molar-refractivity contribution in [2.45, 2.75) is 31.6 Å². The van der Waals surface area contributed by atoms with E-state index in [1.807, 2.05) is 17.7 Å². The van der Waals surface area contributed by atoms with Crippen molar-refractivity contribution in [3.05, 3.63) is 57.6 Å². The van der Waals surface area contributed by atoms with E-state index in [0.717, 1.165) is 16.3 Å². The van der Waals surface area contributed by atoms with Gasteiger partial charge in [0.1, 0.15) is 5.75 Å². The molecule has 5 nitrogen and oxygen atoms in total. The predicted octanol–water partition coefficient (Wildman–Crippen LogP) is 5.64. The Labute approximate surface area is 182 Å². The van der Waals surface area contributed by atoms with Crippen molar-refractivity contribution in [1.29, 1.82) is 0 Å². The third-order valence-corrected chi connectivity index (χ3v) is 6.28. The van der Waals surface area contributed by atoms with Crippen LogP contribution in [0.25, 0.3) is 10.9 Å². The summed E-state index contributed by atoms with van der Waals surface area (Å²) in [5, 5.41) is 1.50. The fourth-order valence-electron chi connectivity index (χ4n) is 3.05. The summed E-state index contributed by atoms with van der Waals surface area (Å²) in [6, 6.07) is 11.9. The number of aromatic nitrogens is 1. The smallest absolute Gasteiger partial charge is 0.341 e. The first-order valence-electron chi connectivity index (χ1n) is 9.17. The average molecular weight is 476 g/mol. The van der Waals surface area contributed by atoms with Crippen molar-refractivity contribution in [1.82, 2.24) is 4.57 Å². The fraction of sp³-hybridized carbons (Fsp3) is 0.273. The highest BCUT2D eigenvalue weighted by Gasteiger charge is 2.24. The molecule has 1 heterocycles. The number of benzene rings is 2. The lowest BCUT2D eigenvalue weighted by molar-refractivity contribution is -0.131. The number of carbonyl (C=O) groups excluding carboxylic acids is 2. The molecule has 0 aliphatic rings. The molecule has 0 unspecified atom stereocenters. The second-order valence-electron chi connectivity index (χ2n) is 6.63. The number of nitrogens with zero attached hydrogens (tertiary/aromatic N) is 1. The third-order valence-electron chi connectivity index (χ3n) is 4.43. The Hall–Kier alpha value is -2.25. The summed E-state index contributed by atoms with van der Waals surface area (Å²) in [5.74, 6) is 0.277. The Bertz CT molecular complexity index is 1070. The lowest BCUT2D eigenvalue weighted by atomic mass is 10.1. The molecule has 0 saturated carbocycles. The van der Waals surface area contributed by atoms with Gasteiger partial charge in [-0.2, -0.15) is 0 Å². The van der Waals surface area contributed by atoms with Crippen LogP contribution in [0.2, 0.25) is 0 Å². The van der Waals surface area contributed by atoms with Crippen LogP contribution >= 0.6 is 27.7 Å². The number of hydrogen-bond donors (Lipinski definition) is 0. The van der Waals surface area contributed by atoms with Gasteiger partial charge >= 0.3 is 11.9 Å². The summed E-state index contributed by atoms with van der Waals surface area (Å²) in [7, 11) is 1.92. The number of rotatable bonds is 6. The molecular formula is C22H22BrNO4S. The zero-order valence-corrected chi connectivity index (χ0v) is 19.1. The minimum absolute atomic E-state index is 0.282. The van der Waals surface area contributed by atoms with Gasteiger partial charge in [-0.05, 0) is 47.5 Å². The largest absolute Gasteiger partial charge is 0.462 e. The molecule has 2 aromatic carbocycles. The van der Waals surface area contributed by atoms with Gasteiger partial charge in [-0.3, -0.25) is 4.79 Å². The molecule has 7 heteroatoms. The van der Waals surface area contributed by atoms with Gasteiger partial charge in [-0.1, -0.05) is 29.8 Å². The lowest BCUT2D eigenvalue weighted by Gasteiger charge is -2.08. The van der Waals surface area contributed by atoms with Crippen molar-refractivity contribution in [3.63, 3.8) is 0 Å². The van der Waals surface area contributed by atoms with Gasteiger partial charge in [-0.25, -0.2) is 4.79 Å². The molecule has 0 fully saturated rings. The summed E-state index contributed by atoms with van der Waals surface area (Å²) >= 11 is 5.03. The number of fused-ring (bicyclic) bond motifs is 1. The first-order valence-corrected chi connectivity index (χ1v) is 11.0. The highest BCUT2D eigenvalue weighted by atomic mass is 79.9. The Morgan fingerprint density at radius 3 is 2.48 bits per heavy atom. The van der Waals surface area contributed by atoms with Crippen molar-refractivity contribution < 1.29 is 19.1 Å². The molecule has 0 atom stereocenters. The minimum Gasteiger partial charge on any atom is -0.462 e. The first kappa shape index (κ1) is 21.5. The SMILES string of the molecule is CCOC(=O)c1c(SCc2ccc(C)cc2)n(C)c2cc(Br)c(OC(C)=O)cc12. The van der Waals surface area contributed by atoms with Crippen LogP contribution in [0.4, 0.5) is 0 Å². The molecule has 0 saturated heterocycles.